The van der Waals surface area contributed by atoms with E-state index in [1.54, 1.807) is 0 Å². The van der Waals surface area contributed by atoms with Crippen molar-refractivity contribution < 1.29 is 0 Å². The summed E-state index contributed by atoms with van der Waals surface area (Å²) in [4.78, 5) is 2.60. The lowest BCUT2D eigenvalue weighted by Crippen LogP contribution is -2.48. The minimum absolute atomic E-state index is 0.525. The molecule has 3 heteroatoms. The third-order valence-electron chi connectivity index (χ3n) is 3.89. The maximum absolute atomic E-state index is 5.93. The first-order valence-electron chi connectivity index (χ1n) is 5.85. The Bertz CT molecular complexity index is 205. The molecule has 2 aliphatic rings. The van der Waals surface area contributed by atoms with Crippen molar-refractivity contribution >= 4 is 0 Å². The Hall–Kier alpha value is -0.120. The highest BCUT2D eigenvalue weighted by atomic mass is 15.4. The minimum atomic E-state index is 0.525. The van der Waals surface area contributed by atoms with Gasteiger partial charge in [-0.15, -0.1) is 0 Å². The molecule has 2 aliphatic heterocycles. The highest BCUT2D eigenvalue weighted by Gasteiger charge is 2.41. The van der Waals surface area contributed by atoms with Gasteiger partial charge in [0.05, 0.1) is 0 Å². The molecule has 0 bridgehead atoms. The van der Waals surface area contributed by atoms with E-state index in [9.17, 15) is 0 Å². The van der Waals surface area contributed by atoms with Crippen LogP contribution in [0.4, 0.5) is 0 Å². The lowest BCUT2D eigenvalue weighted by Gasteiger charge is -2.38. The average Bonchev–Trinajstić information content (AvgIpc) is 2.49. The first-order chi connectivity index (χ1) is 6.61. The zero-order chi connectivity index (χ0) is 10.2. The number of likely N-dealkylation sites (tertiary alicyclic amines) is 1. The van der Waals surface area contributed by atoms with E-state index in [4.69, 9.17) is 5.84 Å². The van der Waals surface area contributed by atoms with Crippen LogP contribution in [0.2, 0.25) is 0 Å². The van der Waals surface area contributed by atoms with Crippen LogP contribution < -0.4 is 5.84 Å². The maximum Gasteiger partial charge on any atom is 0.0197 e. The Morgan fingerprint density at radius 1 is 1.14 bits per heavy atom. The van der Waals surface area contributed by atoms with E-state index in [0.717, 1.165) is 13.1 Å². The molecular formula is C11H23N3. The predicted molar refractivity (Wildman–Crippen MR) is 58.8 cm³/mol. The normalized spacial score (nSPS) is 36.0. The monoisotopic (exact) mass is 197 g/mol. The van der Waals surface area contributed by atoms with Gasteiger partial charge in [-0.2, -0.15) is 0 Å². The minimum Gasteiger partial charge on any atom is -0.300 e. The Kier molecular flexibility index (Phi) is 2.82. The van der Waals surface area contributed by atoms with Crippen LogP contribution in [-0.2, 0) is 0 Å². The summed E-state index contributed by atoms with van der Waals surface area (Å²) in [7, 11) is 0. The molecule has 0 amide bonds. The van der Waals surface area contributed by atoms with Crippen molar-refractivity contribution in [3.8, 4) is 0 Å². The van der Waals surface area contributed by atoms with Crippen molar-refractivity contribution in [3.05, 3.63) is 0 Å². The molecule has 82 valence electrons. The molecule has 0 radical (unpaired) electrons. The fraction of sp³-hybridized carbons (Fsp3) is 1.00. The number of hydrazine groups is 1. The highest BCUT2D eigenvalue weighted by molar-refractivity contribution is 4.94. The lowest BCUT2D eigenvalue weighted by atomic mass is 9.80. The number of hydrogen-bond donors (Lipinski definition) is 1. The van der Waals surface area contributed by atoms with E-state index in [-0.39, 0.29) is 0 Å². The van der Waals surface area contributed by atoms with Gasteiger partial charge in [0, 0.05) is 25.7 Å². The second kappa shape index (κ2) is 3.80. The molecule has 0 aliphatic carbocycles. The van der Waals surface area contributed by atoms with Gasteiger partial charge in [-0.05, 0) is 45.1 Å². The Morgan fingerprint density at radius 2 is 1.93 bits per heavy atom. The van der Waals surface area contributed by atoms with Gasteiger partial charge in [0.15, 0.2) is 0 Å². The van der Waals surface area contributed by atoms with Crippen LogP contribution >= 0.6 is 0 Å². The summed E-state index contributed by atoms with van der Waals surface area (Å²) in [5.41, 5.74) is 0.525. The predicted octanol–water partition coefficient (Wildman–Crippen LogP) is 1.06. The van der Waals surface area contributed by atoms with Crippen LogP contribution in [0.3, 0.4) is 0 Å². The zero-order valence-electron chi connectivity index (χ0n) is 9.50. The molecule has 2 N–H and O–H groups in total. The van der Waals surface area contributed by atoms with E-state index in [0.29, 0.717) is 11.5 Å². The second-order valence-electron chi connectivity index (χ2n) is 5.39. The van der Waals surface area contributed by atoms with Gasteiger partial charge in [0.25, 0.3) is 0 Å². The van der Waals surface area contributed by atoms with Crippen LogP contribution in [0.15, 0.2) is 0 Å². The molecule has 2 heterocycles. The van der Waals surface area contributed by atoms with Gasteiger partial charge < -0.3 is 4.90 Å². The summed E-state index contributed by atoms with van der Waals surface area (Å²) in [5, 5.41) is 2.02. The Balaban J connectivity index is 1.97. The summed E-state index contributed by atoms with van der Waals surface area (Å²) in [6, 6.07) is 0.697. The van der Waals surface area contributed by atoms with E-state index in [2.05, 4.69) is 18.7 Å². The number of rotatable bonds is 1. The van der Waals surface area contributed by atoms with Crippen LogP contribution in [0, 0.1) is 5.41 Å². The Labute approximate surface area is 87.2 Å². The molecular weight excluding hydrogens is 174 g/mol. The summed E-state index contributed by atoms with van der Waals surface area (Å²) < 4.78 is 0. The molecule has 0 saturated carbocycles. The SMILES string of the molecule is CC(C)N1CCC2(CCCN(N)C2)C1. The van der Waals surface area contributed by atoms with E-state index < -0.39 is 0 Å². The molecule has 2 rings (SSSR count). The van der Waals surface area contributed by atoms with Crippen molar-refractivity contribution in [2.75, 3.05) is 26.2 Å². The number of piperidine rings is 1. The van der Waals surface area contributed by atoms with Gasteiger partial charge in [-0.25, -0.2) is 5.01 Å². The van der Waals surface area contributed by atoms with Crippen molar-refractivity contribution in [2.45, 2.75) is 39.2 Å². The molecule has 1 unspecified atom stereocenters. The van der Waals surface area contributed by atoms with Crippen molar-refractivity contribution in [3.63, 3.8) is 0 Å². The molecule has 2 saturated heterocycles. The van der Waals surface area contributed by atoms with Gasteiger partial charge in [-0.1, -0.05) is 0 Å². The fourth-order valence-corrected chi connectivity index (χ4v) is 2.99. The standard InChI is InChI=1S/C11H23N3/c1-10(2)13-7-5-11(8-13)4-3-6-14(12)9-11/h10H,3-9,12H2,1-2H3. The molecule has 0 aromatic heterocycles. The molecule has 2 fully saturated rings. The van der Waals surface area contributed by atoms with Crippen LogP contribution in [0.25, 0.3) is 0 Å². The largest absolute Gasteiger partial charge is 0.300 e. The van der Waals surface area contributed by atoms with Gasteiger partial charge in [0.2, 0.25) is 0 Å². The number of nitrogens with two attached hydrogens (primary N) is 1. The quantitative estimate of drug-likeness (QED) is 0.638. The fourth-order valence-electron chi connectivity index (χ4n) is 2.99. The smallest absolute Gasteiger partial charge is 0.0197 e. The summed E-state index contributed by atoms with van der Waals surface area (Å²) in [6.07, 6.45) is 4.01. The molecule has 14 heavy (non-hydrogen) atoms. The number of nitrogens with zero attached hydrogens (tertiary/aromatic N) is 2. The van der Waals surface area contributed by atoms with Crippen LogP contribution in [-0.4, -0.2) is 42.1 Å². The molecule has 0 aromatic rings. The second-order valence-corrected chi connectivity index (χ2v) is 5.39. The van der Waals surface area contributed by atoms with Gasteiger partial charge in [0.1, 0.15) is 0 Å². The summed E-state index contributed by atoms with van der Waals surface area (Å²) in [5.74, 6) is 5.93. The van der Waals surface area contributed by atoms with Gasteiger partial charge >= 0.3 is 0 Å². The van der Waals surface area contributed by atoms with Crippen molar-refractivity contribution in [2.24, 2.45) is 11.3 Å². The molecule has 0 aromatic carbocycles. The summed E-state index contributed by atoms with van der Waals surface area (Å²) in [6.45, 7) is 9.31. The third kappa shape index (κ3) is 1.95. The van der Waals surface area contributed by atoms with E-state index in [1.165, 1.54) is 32.4 Å². The third-order valence-corrected chi connectivity index (χ3v) is 3.89. The van der Waals surface area contributed by atoms with Gasteiger partial charge in [-0.3, -0.25) is 5.84 Å². The Morgan fingerprint density at radius 3 is 2.50 bits per heavy atom. The van der Waals surface area contributed by atoms with E-state index in [1.807, 2.05) is 5.01 Å². The van der Waals surface area contributed by atoms with Crippen LogP contribution in [0.5, 0.6) is 0 Å². The highest BCUT2D eigenvalue weighted by Crippen LogP contribution is 2.38. The van der Waals surface area contributed by atoms with Crippen LogP contribution in [0.1, 0.15) is 33.1 Å². The lowest BCUT2D eigenvalue weighted by molar-refractivity contribution is 0.0894. The van der Waals surface area contributed by atoms with E-state index >= 15 is 0 Å². The molecule has 1 atom stereocenters. The van der Waals surface area contributed by atoms with Crippen molar-refractivity contribution in [1.29, 1.82) is 0 Å². The summed E-state index contributed by atoms with van der Waals surface area (Å²) >= 11 is 0. The first-order valence-corrected chi connectivity index (χ1v) is 5.85. The maximum atomic E-state index is 5.93. The topological polar surface area (TPSA) is 32.5 Å². The number of hydrogen-bond acceptors (Lipinski definition) is 3. The first kappa shape index (κ1) is 10.4. The van der Waals surface area contributed by atoms with Crippen molar-refractivity contribution in [1.82, 2.24) is 9.91 Å². The molecule has 1 spiro atoms. The average molecular weight is 197 g/mol. The molecule has 3 nitrogen and oxygen atoms in total. The zero-order valence-corrected chi connectivity index (χ0v) is 9.50.